The number of halogens is 4. The molecule has 0 unspecified atom stereocenters. The van der Waals surface area contributed by atoms with Gasteiger partial charge >= 0.3 is 17.8 Å². The second kappa shape index (κ2) is 11.3. The molecule has 0 radical (unpaired) electrons. The van der Waals surface area contributed by atoms with Crippen molar-refractivity contribution < 1.29 is 27.9 Å². The van der Waals surface area contributed by atoms with Gasteiger partial charge in [-0.3, -0.25) is 14.6 Å². The van der Waals surface area contributed by atoms with Gasteiger partial charge in [0, 0.05) is 16.7 Å². The van der Waals surface area contributed by atoms with E-state index in [2.05, 4.69) is 28.8 Å². The summed E-state index contributed by atoms with van der Waals surface area (Å²) in [5.41, 5.74) is 4.83. The SMILES string of the molecule is CC(C)c1cccc(-c2nc(-c3cc(C(N)=O)ccc3Cl)[nH]c(=O)n2)c1.O=C(O)C1(C(F)(F)F)CCCC1. The van der Waals surface area contributed by atoms with Crippen LogP contribution in [-0.2, 0) is 4.79 Å². The Labute approximate surface area is 221 Å². The highest BCUT2D eigenvalue weighted by Gasteiger charge is 2.61. The number of hydrogen-bond donors (Lipinski definition) is 3. The van der Waals surface area contributed by atoms with E-state index in [4.69, 9.17) is 22.4 Å². The molecule has 1 fully saturated rings. The molecule has 0 bridgehead atoms. The van der Waals surface area contributed by atoms with Gasteiger partial charge in [-0.1, -0.05) is 56.5 Å². The Morgan fingerprint density at radius 1 is 1.11 bits per heavy atom. The molecule has 0 atom stereocenters. The van der Waals surface area contributed by atoms with E-state index in [9.17, 15) is 27.6 Å². The number of hydrogen-bond acceptors (Lipinski definition) is 5. The molecule has 4 rings (SSSR count). The maximum absolute atomic E-state index is 12.3. The zero-order valence-corrected chi connectivity index (χ0v) is 21.4. The number of aromatic amines is 1. The Hall–Kier alpha value is -3.73. The molecule has 0 aliphatic heterocycles. The van der Waals surface area contributed by atoms with E-state index in [1.165, 1.54) is 18.2 Å². The van der Waals surface area contributed by atoms with Crippen LogP contribution in [0.4, 0.5) is 13.2 Å². The quantitative estimate of drug-likeness (QED) is 0.379. The van der Waals surface area contributed by atoms with E-state index in [0.29, 0.717) is 29.3 Å². The minimum absolute atomic E-state index is 0.225. The van der Waals surface area contributed by atoms with E-state index in [0.717, 1.165) is 11.1 Å². The summed E-state index contributed by atoms with van der Waals surface area (Å²) in [6, 6.07) is 12.2. The van der Waals surface area contributed by atoms with E-state index in [1.807, 2.05) is 24.3 Å². The van der Waals surface area contributed by atoms with Crippen molar-refractivity contribution in [2.45, 2.75) is 51.6 Å². The number of nitrogens with one attached hydrogen (secondary N) is 1. The fourth-order valence-corrected chi connectivity index (χ4v) is 4.34. The molecule has 12 heteroatoms. The number of primary amides is 1. The van der Waals surface area contributed by atoms with Crippen LogP contribution in [0.1, 0.15) is 61.4 Å². The molecule has 0 saturated heterocycles. The third-order valence-electron chi connectivity index (χ3n) is 6.38. The maximum Gasteiger partial charge on any atom is 0.404 e. The van der Waals surface area contributed by atoms with Gasteiger partial charge < -0.3 is 10.8 Å². The maximum atomic E-state index is 12.3. The van der Waals surface area contributed by atoms with Gasteiger partial charge in [-0.25, -0.2) is 9.78 Å². The molecule has 202 valence electrons. The van der Waals surface area contributed by atoms with Crippen molar-refractivity contribution in [3.05, 3.63) is 69.1 Å². The van der Waals surface area contributed by atoms with Crippen molar-refractivity contribution in [3.63, 3.8) is 0 Å². The zero-order chi connectivity index (χ0) is 28.3. The number of benzene rings is 2. The number of alkyl halides is 3. The van der Waals surface area contributed by atoms with E-state index >= 15 is 0 Å². The highest BCUT2D eigenvalue weighted by atomic mass is 35.5. The van der Waals surface area contributed by atoms with Crippen LogP contribution in [0, 0.1) is 5.41 Å². The van der Waals surface area contributed by atoms with Crippen molar-refractivity contribution in [2.24, 2.45) is 11.1 Å². The van der Waals surface area contributed by atoms with Crippen molar-refractivity contribution in [2.75, 3.05) is 0 Å². The minimum atomic E-state index is -4.60. The van der Waals surface area contributed by atoms with Crippen molar-refractivity contribution in [1.82, 2.24) is 15.0 Å². The molecule has 1 aliphatic rings. The highest BCUT2D eigenvalue weighted by Crippen LogP contribution is 2.50. The molecular weight excluding hydrogens is 525 g/mol. The largest absolute Gasteiger partial charge is 0.481 e. The first-order chi connectivity index (χ1) is 17.7. The molecule has 8 nitrogen and oxygen atoms in total. The first kappa shape index (κ1) is 28.8. The number of amides is 1. The fourth-order valence-electron chi connectivity index (χ4n) is 4.13. The van der Waals surface area contributed by atoms with Crippen LogP contribution < -0.4 is 11.4 Å². The summed E-state index contributed by atoms with van der Waals surface area (Å²) in [5.74, 6) is -1.48. The number of carboxylic acids is 1. The average molecular weight is 551 g/mol. The molecule has 1 aromatic heterocycles. The Kier molecular flexibility index (Phi) is 8.61. The minimum Gasteiger partial charge on any atom is -0.481 e. The summed E-state index contributed by atoms with van der Waals surface area (Å²) >= 11 is 6.22. The van der Waals surface area contributed by atoms with Gasteiger partial charge in [-0.2, -0.15) is 18.2 Å². The lowest BCUT2D eigenvalue weighted by atomic mass is 9.86. The summed E-state index contributed by atoms with van der Waals surface area (Å²) in [4.78, 5) is 44.9. The second-order valence-corrected chi connectivity index (χ2v) is 9.66. The van der Waals surface area contributed by atoms with Crippen LogP contribution in [0.5, 0.6) is 0 Å². The van der Waals surface area contributed by atoms with Crippen LogP contribution in [0.3, 0.4) is 0 Å². The smallest absolute Gasteiger partial charge is 0.404 e. The lowest BCUT2D eigenvalue weighted by molar-refractivity contribution is -0.229. The molecule has 2 aromatic carbocycles. The van der Waals surface area contributed by atoms with E-state index in [-0.39, 0.29) is 30.1 Å². The number of carbonyl (C=O) groups is 2. The van der Waals surface area contributed by atoms with Gasteiger partial charge in [-0.15, -0.1) is 0 Å². The zero-order valence-electron chi connectivity index (χ0n) is 20.6. The predicted molar refractivity (Wildman–Crippen MR) is 136 cm³/mol. The summed E-state index contributed by atoms with van der Waals surface area (Å²) in [7, 11) is 0. The van der Waals surface area contributed by atoms with Gasteiger partial charge in [0.15, 0.2) is 11.2 Å². The van der Waals surface area contributed by atoms with Crippen LogP contribution in [0.2, 0.25) is 5.02 Å². The number of carbonyl (C=O) groups excluding carboxylic acids is 1. The molecular formula is C26H26ClF3N4O4. The molecule has 1 amide bonds. The van der Waals surface area contributed by atoms with Crippen LogP contribution in [0.25, 0.3) is 22.8 Å². The van der Waals surface area contributed by atoms with Crippen molar-refractivity contribution in [1.29, 1.82) is 0 Å². The number of nitrogens with zero attached hydrogens (tertiary/aromatic N) is 2. The number of aromatic nitrogens is 3. The summed E-state index contributed by atoms with van der Waals surface area (Å²) < 4.78 is 36.9. The number of rotatable bonds is 5. The first-order valence-electron chi connectivity index (χ1n) is 11.7. The summed E-state index contributed by atoms with van der Waals surface area (Å²) in [6.07, 6.45) is -4.44. The molecule has 0 spiro atoms. The van der Waals surface area contributed by atoms with E-state index in [1.54, 1.807) is 0 Å². The normalized spacial score (nSPS) is 14.6. The Bertz CT molecular complexity index is 1400. The third kappa shape index (κ3) is 6.21. The highest BCUT2D eigenvalue weighted by molar-refractivity contribution is 6.33. The third-order valence-corrected chi connectivity index (χ3v) is 6.71. The molecule has 1 aliphatic carbocycles. The van der Waals surface area contributed by atoms with Crippen molar-refractivity contribution in [3.8, 4) is 22.8 Å². The summed E-state index contributed by atoms with van der Waals surface area (Å²) in [5, 5.41) is 8.82. The number of aliphatic carboxylic acids is 1. The molecule has 1 saturated carbocycles. The topological polar surface area (TPSA) is 139 Å². The van der Waals surface area contributed by atoms with Crippen molar-refractivity contribution >= 4 is 23.5 Å². The fraction of sp³-hybridized carbons (Fsp3) is 0.346. The van der Waals surface area contributed by atoms with Gasteiger partial charge in [0.1, 0.15) is 5.82 Å². The van der Waals surface area contributed by atoms with Crippen LogP contribution in [0.15, 0.2) is 47.3 Å². The molecule has 38 heavy (non-hydrogen) atoms. The first-order valence-corrected chi connectivity index (χ1v) is 12.1. The van der Waals surface area contributed by atoms with Crippen LogP contribution in [-0.4, -0.2) is 38.1 Å². The van der Waals surface area contributed by atoms with Gasteiger partial charge in [0.25, 0.3) is 0 Å². The van der Waals surface area contributed by atoms with Crippen LogP contribution >= 0.6 is 11.6 Å². The Morgan fingerprint density at radius 2 is 1.76 bits per heavy atom. The number of carboxylic acid groups (broad SMARTS) is 1. The van der Waals surface area contributed by atoms with Gasteiger partial charge in [0.2, 0.25) is 5.91 Å². The van der Waals surface area contributed by atoms with Gasteiger partial charge in [-0.05, 0) is 48.6 Å². The molecule has 4 N–H and O–H groups in total. The molecule has 3 aromatic rings. The number of H-pyrrole nitrogens is 1. The summed E-state index contributed by atoms with van der Waals surface area (Å²) in [6.45, 7) is 4.16. The average Bonchev–Trinajstić information content (AvgIpc) is 3.36. The second-order valence-electron chi connectivity index (χ2n) is 9.26. The van der Waals surface area contributed by atoms with E-state index < -0.39 is 29.2 Å². The standard InChI is InChI=1S/C19H17ClN4O2.C7H9F3O2/c1-10(2)11-4-3-5-13(8-11)17-22-18(24-19(26)23-17)14-9-12(16(21)25)6-7-15(14)20;8-7(9,10)6(5(11)12)3-1-2-4-6/h3-10H,1-2H3,(H2,21,25)(H,22,23,24,26);1-4H2,(H,11,12). The lowest BCUT2D eigenvalue weighted by Crippen LogP contribution is -2.42. The molecule has 1 heterocycles. The Balaban J connectivity index is 0.000000279. The van der Waals surface area contributed by atoms with Gasteiger partial charge in [0.05, 0.1) is 5.02 Å². The predicted octanol–water partition coefficient (Wildman–Crippen LogP) is 5.57. The lowest BCUT2D eigenvalue weighted by Gasteiger charge is -2.26. The monoisotopic (exact) mass is 550 g/mol. The number of nitrogens with two attached hydrogens (primary N) is 1. The Morgan fingerprint density at radius 3 is 2.29 bits per heavy atom.